The van der Waals surface area contributed by atoms with Crippen LogP contribution in [0.25, 0.3) is 0 Å². The van der Waals surface area contributed by atoms with Crippen LogP contribution < -0.4 is 11.1 Å². The van der Waals surface area contributed by atoms with E-state index in [0.717, 1.165) is 14.6 Å². The monoisotopic (exact) mass is 374 g/mol. The SMILES string of the molecule is NCC(Nc1ccc(Br)cc1)c1cscc1Br. The molecule has 1 heterocycles. The van der Waals surface area contributed by atoms with Crippen LogP contribution >= 0.6 is 43.2 Å². The van der Waals surface area contributed by atoms with E-state index in [9.17, 15) is 0 Å². The second-order valence-corrected chi connectivity index (χ2v) is 6.13. The highest BCUT2D eigenvalue weighted by atomic mass is 79.9. The third kappa shape index (κ3) is 3.31. The van der Waals surface area contributed by atoms with Gasteiger partial charge in [-0.2, -0.15) is 11.3 Å². The number of hydrogen-bond donors (Lipinski definition) is 2. The van der Waals surface area contributed by atoms with Crippen molar-refractivity contribution in [3.8, 4) is 0 Å². The third-order valence-corrected chi connectivity index (χ3v) is 4.72. The molecule has 5 heteroatoms. The molecule has 2 rings (SSSR count). The quantitative estimate of drug-likeness (QED) is 0.831. The average molecular weight is 376 g/mol. The Balaban J connectivity index is 2.16. The van der Waals surface area contributed by atoms with Gasteiger partial charge >= 0.3 is 0 Å². The molecule has 1 unspecified atom stereocenters. The number of benzene rings is 1. The van der Waals surface area contributed by atoms with Gasteiger partial charge in [0.1, 0.15) is 0 Å². The van der Waals surface area contributed by atoms with Crippen LogP contribution in [0, 0.1) is 0 Å². The molecule has 0 radical (unpaired) electrons. The van der Waals surface area contributed by atoms with Gasteiger partial charge < -0.3 is 11.1 Å². The van der Waals surface area contributed by atoms with Crippen LogP contribution in [0.5, 0.6) is 0 Å². The highest BCUT2D eigenvalue weighted by Gasteiger charge is 2.13. The molecule has 3 N–H and O–H groups in total. The van der Waals surface area contributed by atoms with E-state index in [2.05, 4.69) is 47.9 Å². The molecular weight excluding hydrogens is 364 g/mol. The maximum absolute atomic E-state index is 5.82. The van der Waals surface area contributed by atoms with Crippen molar-refractivity contribution in [2.45, 2.75) is 6.04 Å². The van der Waals surface area contributed by atoms with Crippen molar-refractivity contribution in [1.29, 1.82) is 0 Å². The van der Waals surface area contributed by atoms with E-state index < -0.39 is 0 Å². The number of halogens is 2. The van der Waals surface area contributed by atoms with Crippen LogP contribution in [0.3, 0.4) is 0 Å². The number of rotatable bonds is 4. The van der Waals surface area contributed by atoms with E-state index in [-0.39, 0.29) is 6.04 Å². The van der Waals surface area contributed by atoms with Crippen LogP contribution in [0.2, 0.25) is 0 Å². The summed E-state index contributed by atoms with van der Waals surface area (Å²) in [4.78, 5) is 0. The Labute approximate surface area is 121 Å². The topological polar surface area (TPSA) is 38.0 Å². The molecular formula is C12H12Br2N2S. The molecule has 1 aromatic carbocycles. The molecule has 1 aromatic heterocycles. The summed E-state index contributed by atoms with van der Waals surface area (Å²) in [6.45, 7) is 0.561. The van der Waals surface area contributed by atoms with Crippen molar-refractivity contribution < 1.29 is 0 Å². The van der Waals surface area contributed by atoms with Crippen LogP contribution in [-0.4, -0.2) is 6.54 Å². The lowest BCUT2D eigenvalue weighted by atomic mass is 10.1. The first-order valence-corrected chi connectivity index (χ1v) is 7.67. The summed E-state index contributed by atoms with van der Waals surface area (Å²) in [5.74, 6) is 0. The molecule has 0 fully saturated rings. The molecule has 0 aliphatic heterocycles. The molecule has 1 atom stereocenters. The van der Waals surface area contributed by atoms with Gasteiger partial charge in [-0.3, -0.25) is 0 Å². The summed E-state index contributed by atoms with van der Waals surface area (Å²) in [7, 11) is 0. The molecule has 17 heavy (non-hydrogen) atoms. The lowest BCUT2D eigenvalue weighted by Gasteiger charge is -2.18. The van der Waals surface area contributed by atoms with Crippen LogP contribution in [0.4, 0.5) is 5.69 Å². The summed E-state index contributed by atoms with van der Waals surface area (Å²) in [6, 6.07) is 8.23. The van der Waals surface area contributed by atoms with Gasteiger partial charge in [0.05, 0.1) is 6.04 Å². The van der Waals surface area contributed by atoms with Crippen molar-refractivity contribution in [3.05, 3.63) is 49.5 Å². The predicted molar refractivity (Wildman–Crippen MR) is 81.6 cm³/mol. The van der Waals surface area contributed by atoms with Crippen molar-refractivity contribution >= 4 is 48.9 Å². The number of anilines is 1. The van der Waals surface area contributed by atoms with Gasteiger partial charge in [0.25, 0.3) is 0 Å². The van der Waals surface area contributed by atoms with Gasteiger partial charge in [-0.1, -0.05) is 15.9 Å². The Bertz CT molecular complexity index is 482. The predicted octanol–water partition coefficient (Wildman–Crippen LogP) is 4.39. The van der Waals surface area contributed by atoms with Crippen LogP contribution in [0.1, 0.15) is 11.6 Å². The minimum Gasteiger partial charge on any atom is -0.377 e. The van der Waals surface area contributed by atoms with E-state index in [0.29, 0.717) is 6.54 Å². The second kappa shape index (κ2) is 6.00. The van der Waals surface area contributed by atoms with Crippen LogP contribution in [-0.2, 0) is 0 Å². The summed E-state index contributed by atoms with van der Waals surface area (Å²) < 4.78 is 2.19. The van der Waals surface area contributed by atoms with Gasteiger partial charge in [-0.05, 0) is 45.6 Å². The molecule has 0 saturated heterocycles. The number of nitrogens with two attached hydrogens (primary N) is 1. The number of hydrogen-bond acceptors (Lipinski definition) is 3. The summed E-state index contributed by atoms with van der Waals surface area (Å²) in [6.07, 6.45) is 0. The zero-order valence-electron chi connectivity index (χ0n) is 8.99. The van der Waals surface area contributed by atoms with Gasteiger partial charge in [0, 0.05) is 32.1 Å². The Morgan fingerprint density at radius 3 is 2.41 bits per heavy atom. The summed E-state index contributed by atoms with van der Waals surface area (Å²) in [5, 5.41) is 7.62. The third-order valence-electron chi connectivity index (χ3n) is 2.44. The Morgan fingerprint density at radius 2 is 1.88 bits per heavy atom. The molecule has 0 amide bonds. The van der Waals surface area contributed by atoms with Gasteiger partial charge in [-0.25, -0.2) is 0 Å². The molecule has 2 aromatic rings. The van der Waals surface area contributed by atoms with E-state index in [1.165, 1.54) is 5.56 Å². The van der Waals surface area contributed by atoms with E-state index in [1.54, 1.807) is 11.3 Å². The van der Waals surface area contributed by atoms with Gasteiger partial charge in [0.15, 0.2) is 0 Å². The standard InChI is InChI=1S/C12H12Br2N2S/c13-8-1-3-9(4-2-8)16-12(5-15)10-6-17-7-11(10)14/h1-4,6-7,12,16H,5,15H2. The lowest BCUT2D eigenvalue weighted by Crippen LogP contribution is -2.20. The molecule has 0 aliphatic carbocycles. The van der Waals surface area contributed by atoms with E-state index in [4.69, 9.17) is 5.73 Å². The fourth-order valence-corrected chi connectivity index (χ4v) is 3.44. The zero-order chi connectivity index (χ0) is 12.3. The van der Waals surface area contributed by atoms with Crippen molar-refractivity contribution in [3.63, 3.8) is 0 Å². The highest BCUT2D eigenvalue weighted by molar-refractivity contribution is 9.10. The Kier molecular flexibility index (Phi) is 4.62. The smallest absolute Gasteiger partial charge is 0.0655 e. The second-order valence-electron chi connectivity index (χ2n) is 3.61. The molecule has 0 bridgehead atoms. The average Bonchev–Trinajstić information content (AvgIpc) is 2.75. The lowest BCUT2D eigenvalue weighted by molar-refractivity contribution is 0.790. The van der Waals surface area contributed by atoms with E-state index >= 15 is 0 Å². The number of nitrogens with one attached hydrogen (secondary N) is 1. The summed E-state index contributed by atoms with van der Waals surface area (Å²) in [5.41, 5.74) is 8.10. The van der Waals surface area contributed by atoms with Gasteiger partial charge in [0.2, 0.25) is 0 Å². The molecule has 0 aliphatic rings. The fraction of sp³-hybridized carbons (Fsp3) is 0.167. The van der Waals surface area contributed by atoms with Crippen molar-refractivity contribution in [1.82, 2.24) is 0 Å². The first-order valence-electron chi connectivity index (χ1n) is 5.14. The Morgan fingerprint density at radius 1 is 1.18 bits per heavy atom. The van der Waals surface area contributed by atoms with E-state index in [1.807, 2.05) is 24.3 Å². The van der Waals surface area contributed by atoms with Crippen molar-refractivity contribution in [2.24, 2.45) is 5.73 Å². The molecule has 0 spiro atoms. The first-order chi connectivity index (χ1) is 8.20. The van der Waals surface area contributed by atoms with Gasteiger partial charge in [-0.15, -0.1) is 0 Å². The molecule has 90 valence electrons. The first kappa shape index (κ1) is 13.1. The normalized spacial score (nSPS) is 12.4. The maximum Gasteiger partial charge on any atom is 0.0655 e. The Hall–Kier alpha value is -0.360. The molecule has 2 nitrogen and oxygen atoms in total. The number of thiophene rings is 1. The van der Waals surface area contributed by atoms with Crippen LogP contribution in [0.15, 0.2) is 44.0 Å². The minimum atomic E-state index is 0.136. The minimum absolute atomic E-state index is 0.136. The molecule has 0 saturated carbocycles. The van der Waals surface area contributed by atoms with Crippen molar-refractivity contribution in [2.75, 3.05) is 11.9 Å². The fourth-order valence-electron chi connectivity index (χ4n) is 1.55. The largest absolute Gasteiger partial charge is 0.377 e. The zero-order valence-corrected chi connectivity index (χ0v) is 13.0. The highest BCUT2D eigenvalue weighted by Crippen LogP contribution is 2.29. The maximum atomic E-state index is 5.82. The summed E-state index contributed by atoms with van der Waals surface area (Å²) >= 11 is 8.63.